The van der Waals surface area contributed by atoms with Gasteiger partial charge in [-0.3, -0.25) is 4.79 Å². The summed E-state index contributed by atoms with van der Waals surface area (Å²) in [4.78, 5) is 11.6. The van der Waals surface area contributed by atoms with Gasteiger partial charge in [-0.1, -0.05) is 0 Å². The van der Waals surface area contributed by atoms with E-state index in [1.165, 1.54) is 24.3 Å². The molecule has 0 spiro atoms. The molecular formula is C13H20N2O4S. The lowest BCUT2D eigenvalue weighted by Crippen LogP contribution is -2.41. The Morgan fingerprint density at radius 3 is 2.30 bits per heavy atom. The molecule has 112 valence electrons. The minimum atomic E-state index is -3.75. The zero-order valence-corrected chi connectivity index (χ0v) is 12.7. The first-order valence-corrected chi connectivity index (χ1v) is 7.76. The molecule has 0 aromatic heterocycles. The third kappa shape index (κ3) is 3.94. The lowest BCUT2D eigenvalue weighted by Gasteiger charge is -2.24. The molecule has 1 rings (SSSR count). The van der Waals surface area contributed by atoms with Gasteiger partial charge in [-0.2, -0.15) is 4.31 Å². The van der Waals surface area contributed by atoms with Crippen LogP contribution < -0.4 is 5.73 Å². The number of carbonyl (C=O) groups excluding carboxylic acids is 1. The van der Waals surface area contributed by atoms with Gasteiger partial charge in [0, 0.05) is 11.7 Å². The fourth-order valence-electron chi connectivity index (χ4n) is 1.65. The zero-order chi connectivity index (χ0) is 15.3. The first-order valence-electron chi connectivity index (χ1n) is 6.32. The van der Waals surface area contributed by atoms with Crippen LogP contribution in [0.3, 0.4) is 0 Å². The lowest BCUT2D eigenvalue weighted by atomic mass is 10.3. The molecule has 20 heavy (non-hydrogen) atoms. The van der Waals surface area contributed by atoms with Crippen LogP contribution in [-0.4, -0.2) is 37.9 Å². The molecular weight excluding hydrogens is 280 g/mol. The smallest absolute Gasteiger partial charge is 0.321 e. The average molecular weight is 300 g/mol. The molecule has 0 heterocycles. The van der Waals surface area contributed by atoms with E-state index in [2.05, 4.69) is 0 Å². The largest absolute Gasteiger partial charge is 0.465 e. The predicted octanol–water partition coefficient (Wildman–Crippen LogP) is 1.23. The van der Waals surface area contributed by atoms with Crippen molar-refractivity contribution in [3.05, 3.63) is 24.3 Å². The number of nitrogens with zero attached hydrogens (tertiary/aromatic N) is 1. The fourth-order valence-corrected chi connectivity index (χ4v) is 3.24. The Bertz CT molecular complexity index is 552. The molecule has 0 aliphatic heterocycles. The number of hydrogen-bond donors (Lipinski definition) is 1. The molecule has 0 saturated heterocycles. The van der Waals surface area contributed by atoms with Gasteiger partial charge in [0.2, 0.25) is 10.0 Å². The average Bonchev–Trinajstić information content (AvgIpc) is 2.36. The summed E-state index contributed by atoms with van der Waals surface area (Å²) in [6.45, 7) is 4.99. The summed E-state index contributed by atoms with van der Waals surface area (Å²) in [7, 11) is -3.75. The zero-order valence-electron chi connectivity index (χ0n) is 11.9. The SMILES string of the molecule is CCOC(=O)CN(C(C)C)S(=O)(=O)c1ccc(N)cc1. The maximum Gasteiger partial charge on any atom is 0.321 e. The number of ether oxygens (including phenoxy) is 1. The highest BCUT2D eigenvalue weighted by atomic mass is 32.2. The summed E-state index contributed by atoms with van der Waals surface area (Å²) in [6, 6.07) is 5.50. The first-order chi connectivity index (χ1) is 9.28. The van der Waals surface area contributed by atoms with E-state index >= 15 is 0 Å². The molecule has 0 saturated carbocycles. The molecule has 0 radical (unpaired) electrons. The topological polar surface area (TPSA) is 89.7 Å². The quantitative estimate of drug-likeness (QED) is 0.630. The van der Waals surface area contributed by atoms with Gasteiger partial charge in [0.15, 0.2) is 0 Å². The van der Waals surface area contributed by atoms with Gasteiger partial charge in [0.1, 0.15) is 6.54 Å². The van der Waals surface area contributed by atoms with Gasteiger partial charge in [-0.15, -0.1) is 0 Å². The maximum atomic E-state index is 12.5. The van der Waals surface area contributed by atoms with Crippen molar-refractivity contribution in [1.82, 2.24) is 4.31 Å². The van der Waals surface area contributed by atoms with Crippen molar-refractivity contribution < 1.29 is 17.9 Å². The second-order valence-corrected chi connectivity index (χ2v) is 6.41. The monoisotopic (exact) mass is 300 g/mol. The molecule has 0 bridgehead atoms. The fraction of sp³-hybridized carbons (Fsp3) is 0.462. The predicted molar refractivity (Wildman–Crippen MR) is 76.5 cm³/mol. The van der Waals surface area contributed by atoms with Gasteiger partial charge >= 0.3 is 5.97 Å². The van der Waals surface area contributed by atoms with Crippen molar-refractivity contribution in [1.29, 1.82) is 0 Å². The second-order valence-electron chi connectivity index (χ2n) is 4.52. The van der Waals surface area contributed by atoms with Crippen LogP contribution in [0.2, 0.25) is 0 Å². The van der Waals surface area contributed by atoms with Crippen molar-refractivity contribution in [2.75, 3.05) is 18.9 Å². The van der Waals surface area contributed by atoms with E-state index in [4.69, 9.17) is 10.5 Å². The molecule has 0 aliphatic rings. The third-order valence-corrected chi connectivity index (χ3v) is 4.69. The van der Waals surface area contributed by atoms with Crippen LogP contribution in [0.15, 0.2) is 29.2 Å². The van der Waals surface area contributed by atoms with Crippen LogP contribution in [0.1, 0.15) is 20.8 Å². The second kappa shape index (κ2) is 6.71. The normalized spacial score (nSPS) is 11.8. The van der Waals surface area contributed by atoms with E-state index in [9.17, 15) is 13.2 Å². The number of anilines is 1. The summed E-state index contributed by atoms with van der Waals surface area (Å²) in [5, 5.41) is 0. The van der Waals surface area contributed by atoms with Crippen LogP contribution in [-0.2, 0) is 19.6 Å². The number of rotatable bonds is 6. The van der Waals surface area contributed by atoms with Crippen molar-refractivity contribution in [2.24, 2.45) is 0 Å². The standard InChI is InChI=1S/C13H20N2O4S/c1-4-19-13(16)9-15(10(2)3)20(17,18)12-7-5-11(14)6-8-12/h5-8,10H,4,9,14H2,1-3H3. The van der Waals surface area contributed by atoms with E-state index in [0.29, 0.717) is 5.69 Å². The molecule has 0 amide bonds. The molecule has 7 heteroatoms. The summed E-state index contributed by atoms with van der Waals surface area (Å²) in [6.07, 6.45) is 0. The summed E-state index contributed by atoms with van der Waals surface area (Å²) < 4.78 is 30.9. The number of nitrogen functional groups attached to an aromatic ring is 1. The van der Waals surface area contributed by atoms with Gasteiger partial charge in [0.05, 0.1) is 11.5 Å². The minimum Gasteiger partial charge on any atom is -0.465 e. The van der Waals surface area contributed by atoms with Crippen LogP contribution in [0.4, 0.5) is 5.69 Å². The Labute approximate surface area is 119 Å². The Hall–Kier alpha value is -1.60. The van der Waals surface area contributed by atoms with E-state index in [1.807, 2.05) is 0 Å². The van der Waals surface area contributed by atoms with Gasteiger partial charge in [0.25, 0.3) is 0 Å². The first kappa shape index (κ1) is 16.5. The highest BCUT2D eigenvalue weighted by Gasteiger charge is 2.29. The van der Waals surface area contributed by atoms with Crippen LogP contribution >= 0.6 is 0 Å². The number of benzene rings is 1. The number of sulfonamides is 1. The number of nitrogens with two attached hydrogens (primary N) is 1. The van der Waals surface area contributed by atoms with Crippen LogP contribution in [0.5, 0.6) is 0 Å². The van der Waals surface area contributed by atoms with Gasteiger partial charge < -0.3 is 10.5 Å². The molecule has 1 aromatic rings. The van der Waals surface area contributed by atoms with Gasteiger partial charge in [-0.25, -0.2) is 8.42 Å². The van der Waals surface area contributed by atoms with Crippen LogP contribution in [0, 0.1) is 0 Å². The Morgan fingerprint density at radius 1 is 1.30 bits per heavy atom. The molecule has 0 unspecified atom stereocenters. The third-order valence-electron chi connectivity index (χ3n) is 2.65. The van der Waals surface area contributed by atoms with E-state index in [-0.39, 0.29) is 24.1 Å². The summed E-state index contributed by atoms with van der Waals surface area (Å²) in [5.41, 5.74) is 6.02. The summed E-state index contributed by atoms with van der Waals surface area (Å²) >= 11 is 0. The van der Waals surface area contributed by atoms with E-state index in [1.54, 1.807) is 20.8 Å². The van der Waals surface area contributed by atoms with Crippen molar-refractivity contribution in [3.8, 4) is 0 Å². The minimum absolute atomic E-state index is 0.102. The Balaban J connectivity index is 3.06. The number of esters is 1. The number of carbonyl (C=O) groups is 1. The van der Waals surface area contributed by atoms with Crippen molar-refractivity contribution in [3.63, 3.8) is 0 Å². The van der Waals surface area contributed by atoms with E-state index in [0.717, 1.165) is 4.31 Å². The maximum absolute atomic E-state index is 12.5. The molecule has 1 aromatic carbocycles. The molecule has 0 aliphatic carbocycles. The Morgan fingerprint density at radius 2 is 1.85 bits per heavy atom. The lowest BCUT2D eigenvalue weighted by molar-refractivity contribution is -0.143. The van der Waals surface area contributed by atoms with Crippen molar-refractivity contribution >= 4 is 21.7 Å². The highest BCUT2D eigenvalue weighted by molar-refractivity contribution is 7.89. The van der Waals surface area contributed by atoms with Gasteiger partial charge in [-0.05, 0) is 45.0 Å². The van der Waals surface area contributed by atoms with Crippen LogP contribution in [0.25, 0.3) is 0 Å². The number of hydrogen-bond acceptors (Lipinski definition) is 5. The van der Waals surface area contributed by atoms with E-state index < -0.39 is 16.0 Å². The summed E-state index contributed by atoms with van der Waals surface area (Å²) in [5.74, 6) is -0.569. The van der Waals surface area contributed by atoms with Crippen molar-refractivity contribution in [2.45, 2.75) is 31.7 Å². The Kier molecular flexibility index (Phi) is 5.52. The molecule has 0 atom stereocenters. The molecule has 0 fully saturated rings. The molecule has 2 N–H and O–H groups in total. The highest BCUT2D eigenvalue weighted by Crippen LogP contribution is 2.19. The molecule has 6 nitrogen and oxygen atoms in total.